The van der Waals surface area contributed by atoms with Gasteiger partial charge in [0.1, 0.15) is 5.92 Å². The van der Waals surface area contributed by atoms with E-state index < -0.39 is 5.92 Å². The Morgan fingerprint density at radius 3 is 2.36 bits per heavy atom. The lowest BCUT2D eigenvalue weighted by atomic mass is 10.1. The van der Waals surface area contributed by atoms with E-state index in [0.29, 0.717) is 13.0 Å². The van der Waals surface area contributed by atoms with Gasteiger partial charge in [-0.3, -0.25) is 9.59 Å². The van der Waals surface area contributed by atoms with Gasteiger partial charge in [-0.25, -0.2) is 0 Å². The topological polar surface area (TPSA) is 49.4 Å². The number of aryl methyl sites for hydroxylation is 3. The van der Waals surface area contributed by atoms with Crippen molar-refractivity contribution >= 4 is 23.2 Å². The average Bonchev–Trinajstić information content (AvgIpc) is 3.00. The van der Waals surface area contributed by atoms with Gasteiger partial charge in [-0.2, -0.15) is 0 Å². The number of anilines is 2. The van der Waals surface area contributed by atoms with Gasteiger partial charge in [-0.1, -0.05) is 37.3 Å². The highest BCUT2D eigenvalue weighted by Crippen LogP contribution is 2.28. The molecule has 3 rings (SSSR count). The lowest BCUT2D eigenvalue weighted by molar-refractivity contribution is -0.129. The highest BCUT2D eigenvalue weighted by molar-refractivity contribution is 6.13. The van der Waals surface area contributed by atoms with E-state index in [4.69, 9.17) is 0 Å². The molecule has 0 aromatic heterocycles. The van der Waals surface area contributed by atoms with E-state index in [9.17, 15) is 9.59 Å². The molecule has 0 radical (unpaired) electrons. The van der Waals surface area contributed by atoms with Crippen LogP contribution in [0.5, 0.6) is 0 Å². The molecule has 1 atom stereocenters. The second-order valence-electron chi connectivity index (χ2n) is 6.61. The van der Waals surface area contributed by atoms with Crippen LogP contribution < -0.4 is 10.2 Å². The summed E-state index contributed by atoms with van der Waals surface area (Å²) in [7, 11) is 0. The molecule has 4 nitrogen and oxygen atoms in total. The molecule has 4 heteroatoms. The second-order valence-corrected chi connectivity index (χ2v) is 6.61. The minimum absolute atomic E-state index is 0.118. The van der Waals surface area contributed by atoms with Crippen LogP contribution in [-0.2, 0) is 16.0 Å². The number of hydrogen-bond donors (Lipinski definition) is 1. The van der Waals surface area contributed by atoms with Gasteiger partial charge in [0.15, 0.2) is 0 Å². The summed E-state index contributed by atoms with van der Waals surface area (Å²) in [6.07, 6.45) is 1.51. The van der Waals surface area contributed by atoms with Gasteiger partial charge in [0, 0.05) is 17.9 Å². The number of amides is 2. The van der Waals surface area contributed by atoms with Crippen LogP contribution in [0.25, 0.3) is 0 Å². The zero-order chi connectivity index (χ0) is 18.0. The maximum atomic E-state index is 12.7. The number of carbonyl (C=O) groups is 2. The second kappa shape index (κ2) is 7.09. The Hall–Kier alpha value is -2.62. The largest absolute Gasteiger partial charge is 0.325 e. The molecule has 1 N–H and O–H groups in total. The molecule has 1 aliphatic rings. The van der Waals surface area contributed by atoms with Crippen LogP contribution in [0.2, 0.25) is 0 Å². The molecule has 1 heterocycles. The van der Waals surface area contributed by atoms with Gasteiger partial charge in [0.25, 0.3) is 0 Å². The predicted octanol–water partition coefficient (Wildman–Crippen LogP) is 3.86. The van der Waals surface area contributed by atoms with Crippen molar-refractivity contribution in [2.45, 2.75) is 33.6 Å². The smallest absolute Gasteiger partial charge is 0.239 e. The molecule has 0 aliphatic carbocycles. The summed E-state index contributed by atoms with van der Waals surface area (Å²) in [5.41, 5.74) is 4.92. The first-order chi connectivity index (χ1) is 12.0. The highest BCUT2D eigenvalue weighted by Gasteiger charge is 2.37. The number of nitrogens with one attached hydrogen (secondary N) is 1. The van der Waals surface area contributed by atoms with Crippen molar-refractivity contribution in [2.24, 2.45) is 5.92 Å². The molecule has 0 unspecified atom stereocenters. The zero-order valence-corrected chi connectivity index (χ0v) is 15.0. The van der Waals surface area contributed by atoms with Crippen molar-refractivity contribution in [3.63, 3.8) is 0 Å². The molecule has 25 heavy (non-hydrogen) atoms. The van der Waals surface area contributed by atoms with Crippen LogP contribution in [0.15, 0.2) is 42.5 Å². The predicted molar refractivity (Wildman–Crippen MR) is 101 cm³/mol. The zero-order valence-electron chi connectivity index (χ0n) is 15.0. The molecule has 1 fully saturated rings. The Labute approximate surface area is 148 Å². The summed E-state index contributed by atoms with van der Waals surface area (Å²) >= 11 is 0. The molecule has 1 saturated heterocycles. The van der Waals surface area contributed by atoms with E-state index in [2.05, 4.69) is 12.2 Å². The third kappa shape index (κ3) is 3.43. The van der Waals surface area contributed by atoms with Gasteiger partial charge in [0.2, 0.25) is 11.8 Å². The van der Waals surface area contributed by atoms with Crippen LogP contribution in [0.4, 0.5) is 11.4 Å². The van der Waals surface area contributed by atoms with Gasteiger partial charge in [0.05, 0.1) is 0 Å². The lowest BCUT2D eigenvalue weighted by Crippen LogP contribution is -2.33. The summed E-state index contributed by atoms with van der Waals surface area (Å²) in [5, 5.41) is 2.95. The van der Waals surface area contributed by atoms with Crippen molar-refractivity contribution in [2.75, 3.05) is 16.8 Å². The van der Waals surface area contributed by atoms with E-state index in [1.54, 1.807) is 4.90 Å². The first-order valence-corrected chi connectivity index (χ1v) is 8.78. The normalized spacial score (nSPS) is 17.0. The molecule has 2 aromatic rings. The third-order valence-electron chi connectivity index (χ3n) is 4.91. The van der Waals surface area contributed by atoms with Crippen LogP contribution in [-0.4, -0.2) is 18.4 Å². The molecule has 0 bridgehead atoms. The minimum atomic E-state index is -0.621. The fourth-order valence-corrected chi connectivity index (χ4v) is 3.31. The van der Waals surface area contributed by atoms with Crippen LogP contribution in [0.3, 0.4) is 0 Å². The Balaban J connectivity index is 1.73. The number of hydrogen-bond acceptors (Lipinski definition) is 2. The first-order valence-electron chi connectivity index (χ1n) is 8.78. The van der Waals surface area contributed by atoms with Crippen molar-refractivity contribution in [3.8, 4) is 0 Å². The van der Waals surface area contributed by atoms with E-state index in [1.807, 2.05) is 56.3 Å². The molecule has 0 saturated carbocycles. The number of nitrogens with zero attached hydrogens (tertiary/aromatic N) is 1. The molecule has 1 aliphatic heterocycles. The Bertz CT molecular complexity index is 776. The summed E-state index contributed by atoms with van der Waals surface area (Å²) < 4.78 is 0. The van der Waals surface area contributed by atoms with Gasteiger partial charge in [-0.15, -0.1) is 0 Å². The average molecular weight is 336 g/mol. The number of para-hydroxylation sites is 1. The van der Waals surface area contributed by atoms with Gasteiger partial charge >= 0.3 is 0 Å². The van der Waals surface area contributed by atoms with Crippen molar-refractivity contribution in [1.82, 2.24) is 0 Å². The molecule has 0 spiro atoms. The summed E-state index contributed by atoms with van der Waals surface area (Å²) in [5.74, 6) is -0.951. The standard InChI is InChI=1S/C21H24N2O2/c1-4-16-8-10-17(11-9-16)23-13-12-18(21(23)25)20(24)22-19-14(2)6-5-7-15(19)3/h5-11,18H,4,12-13H2,1-3H3,(H,22,24)/t18-/m0/s1. The fourth-order valence-electron chi connectivity index (χ4n) is 3.31. The van der Waals surface area contributed by atoms with Gasteiger partial charge in [-0.05, 0) is 55.5 Å². The molecular weight excluding hydrogens is 312 g/mol. The monoisotopic (exact) mass is 336 g/mol. The molecule has 2 aromatic carbocycles. The number of rotatable bonds is 4. The van der Waals surface area contributed by atoms with E-state index in [1.165, 1.54) is 5.56 Å². The number of carbonyl (C=O) groups excluding carboxylic acids is 2. The first kappa shape index (κ1) is 17.2. The lowest BCUT2D eigenvalue weighted by Gasteiger charge is -2.18. The molecular formula is C21H24N2O2. The van der Waals surface area contributed by atoms with Crippen molar-refractivity contribution < 1.29 is 9.59 Å². The van der Waals surface area contributed by atoms with Gasteiger partial charge < -0.3 is 10.2 Å². The van der Waals surface area contributed by atoms with Crippen molar-refractivity contribution in [1.29, 1.82) is 0 Å². The Kier molecular flexibility index (Phi) is 4.88. The Morgan fingerprint density at radius 1 is 1.12 bits per heavy atom. The van der Waals surface area contributed by atoms with Crippen LogP contribution >= 0.6 is 0 Å². The summed E-state index contributed by atoms with van der Waals surface area (Å²) in [4.78, 5) is 27.1. The van der Waals surface area contributed by atoms with E-state index >= 15 is 0 Å². The van der Waals surface area contributed by atoms with E-state index in [-0.39, 0.29) is 11.8 Å². The molecule has 2 amide bonds. The van der Waals surface area contributed by atoms with Crippen molar-refractivity contribution in [3.05, 3.63) is 59.2 Å². The van der Waals surface area contributed by atoms with Crippen LogP contribution in [0.1, 0.15) is 30.0 Å². The maximum Gasteiger partial charge on any atom is 0.239 e. The highest BCUT2D eigenvalue weighted by atomic mass is 16.2. The minimum Gasteiger partial charge on any atom is -0.325 e. The maximum absolute atomic E-state index is 12.7. The van der Waals surface area contributed by atoms with Crippen LogP contribution in [0, 0.1) is 19.8 Å². The summed E-state index contributed by atoms with van der Waals surface area (Å²) in [6.45, 7) is 6.60. The number of benzene rings is 2. The fraction of sp³-hybridized carbons (Fsp3) is 0.333. The summed E-state index contributed by atoms with van der Waals surface area (Å²) in [6, 6.07) is 13.9. The quantitative estimate of drug-likeness (QED) is 0.862. The van der Waals surface area contributed by atoms with E-state index in [0.717, 1.165) is 28.9 Å². The Morgan fingerprint density at radius 2 is 1.76 bits per heavy atom. The molecule has 130 valence electrons. The SMILES string of the molecule is CCc1ccc(N2CC[C@@H](C(=O)Nc3c(C)cccc3C)C2=O)cc1. The third-order valence-corrected chi connectivity index (χ3v) is 4.91.